The van der Waals surface area contributed by atoms with Crippen LogP contribution in [0.2, 0.25) is 0 Å². The summed E-state index contributed by atoms with van der Waals surface area (Å²) >= 11 is 0. The molecule has 0 amide bonds. The molecule has 0 aromatic carbocycles. The van der Waals surface area contributed by atoms with Crippen LogP contribution in [0.25, 0.3) is 0 Å². The van der Waals surface area contributed by atoms with Crippen molar-refractivity contribution in [3.8, 4) is 0 Å². The Morgan fingerprint density at radius 1 is 1.11 bits per heavy atom. The van der Waals surface area contributed by atoms with Crippen molar-refractivity contribution in [3.63, 3.8) is 0 Å². The van der Waals surface area contributed by atoms with E-state index < -0.39 is 40.6 Å². The Morgan fingerprint density at radius 2 is 1.89 bits per heavy atom. The highest BCUT2D eigenvalue weighted by atomic mass is 16.6. The highest BCUT2D eigenvalue weighted by Gasteiger charge is 2.83. The van der Waals surface area contributed by atoms with Crippen LogP contribution in [-0.4, -0.2) is 73.0 Å². The number of hydrogen-bond acceptors (Lipinski definition) is 8. The van der Waals surface area contributed by atoms with Crippen molar-refractivity contribution in [1.29, 1.82) is 0 Å². The van der Waals surface area contributed by atoms with Crippen molar-refractivity contribution in [2.75, 3.05) is 19.8 Å². The molecule has 198 valence electrons. The number of cyclic esters (lactones) is 1. The molecule has 5 aliphatic rings. The molecule has 2 spiro atoms. The van der Waals surface area contributed by atoms with Gasteiger partial charge in [-0.05, 0) is 39.0 Å². The summed E-state index contributed by atoms with van der Waals surface area (Å²) in [5.41, 5.74) is -0.649. The summed E-state index contributed by atoms with van der Waals surface area (Å²) in [6, 6.07) is 0. The number of ether oxygens (including phenoxy) is 5. The lowest BCUT2D eigenvalue weighted by atomic mass is 9.51. The molecule has 2 aliphatic carbocycles. The lowest BCUT2D eigenvalue weighted by Gasteiger charge is -2.58. The average molecular weight is 503 g/mol. The summed E-state index contributed by atoms with van der Waals surface area (Å²) in [5, 5.41) is 10.7. The SMILES string of the molecule is CC1=CC2O[C@@H]3C[C@H]4OC(=O)/C=C\C=CC(C)OCCC(C)[C@@H](O)C(=O)OC[C@@]2(CC1)[C@]4(C)C31CO1. The number of epoxide rings is 1. The fourth-order valence-electron chi connectivity index (χ4n) is 6.84. The Labute approximate surface area is 212 Å². The predicted molar refractivity (Wildman–Crippen MR) is 130 cm³/mol. The molecule has 3 heterocycles. The van der Waals surface area contributed by atoms with Crippen LogP contribution in [0.4, 0.5) is 0 Å². The molecule has 4 unspecified atom stereocenters. The lowest BCUT2D eigenvalue weighted by molar-refractivity contribution is -0.234. The van der Waals surface area contributed by atoms with E-state index in [-0.39, 0.29) is 30.8 Å². The summed E-state index contributed by atoms with van der Waals surface area (Å²) < 4.78 is 30.4. The summed E-state index contributed by atoms with van der Waals surface area (Å²) in [6.45, 7) is 8.85. The van der Waals surface area contributed by atoms with Crippen LogP contribution < -0.4 is 0 Å². The molecular weight excluding hydrogens is 464 g/mol. The number of esters is 2. The van der Waals surface area contributed by atoms with E-state index in [9.17, 15) is 14.7 Å². The standard InChI is InChI=1S/C28H38O8/c1-17-9-11-27-15-33-25(31)24(30)18(2)10-12-32-19(3)7-5-6-8-23(29)36-20-14-22(35-21(27)13-17)28(16-34-28)26(20,27)4/h5-8,13,18-22,24,30H,9-12,14-16H2,1-4H3/b7-5?,8-6-/t18?,19?,20-,21?,22-,24-,26-,27-,28?/m1/s1. The van der Waals surface area contributed by atoms with Crippen LogP contribution in [0.1, 0.15) is 53.4 Å². The highest BCUT2D eigenvalue weighted by molar-refractivity contribution is 5.82. The molecule has 1 saturated carbocycles. The molecule has 1 N–H and O–H groups in total. The van der Waals surface area contributed by atoms with Gasteiger partial charge >= 0.3 is 11.9 Å². The molecule has 0 aromatic heterocycles. The molecule has 36 heavy (non-hydrogen) atoms. The largest absolute Gasteiger partial charge is 0.463 e. The van der Waals surface area contributed by atoms with Gasteiger partial charge in [0.1, 0.15) is 18.3 Å². The first-order chi connectivity index (χ1) is 17.1. The number of rotatable bonds is 0. The van der Waals surface area contributed by atoms with Crippen molar-refractivity contribution in [2.24, 2.45) is 16.7 Å². The zero-order valence-electron chi connectivity index (χ0n) is 21.6. The minimum absolute atomic E-state index is 0.0541. The summed E-state index contributed by atoms with van der Waals surface area (Å²) in [6.07, 6.45) is 8.93. The van der Waals surface area contributed by atoms with Crippen molar-refractivity contribution < 1.29 is 38.4 Å². The van der Waals surface area contributed by atoms with Gasteiger partial charge in [0.05, 0.1) is 30.3 Å². The van der Waals surface area contributed by atoms with Gasteiger partial charge in [-0.3, -0.25) is 0 Å². The van der Waals surface area contributed by atoms with Gasteiger partial charge in [0.2, 0.25) is 0 Å². The maximum absolute atomic E-state index is 13.0. The van der Waals surface area contributed by atoms with Crippen LogP contribution in [0.3, 0.4) is 0 Å². The van der Waals surface area contributed by atoms with E-state index in [1.165, 1.54) is 11.6 Å². The van der Waals surface area contributed by atoms with Crippen molar-refractivity contribution in [2.45, 2.75) is 89.5 Å². The highest BCUT2D eigenvalue weighted by Crippen LogP contribution is 2.72. The van der Waals surface area contributed by atoms with Crippen LogP contribution in [0.15, 0.2) is 36.0 Å². The molecule has 3 fully saturated rings. The molecule has 0 radical (unpaired) electrons. The van der Waals surface area contributed by atoms with Gasteiger partial charge in [0, 0.05) is 24.5 Å². The number of aliphatic hydroxyl groups excluding tert-OH is 1. The van der Waals surface area contributed by atoms with E-state index in [0.29, 0.717) is 32.5 Å². The first-order valence-corrected chi connectivity index (χ1v) is 13.1. The third-order valence-corrected chi connectivity index (χ3v) is 9.41. The van der Waals surface area contributed by atoms with Crippen LogP contribution in [-0.2, 0) is 33.3 Å². The van der Waals surface area contributed by atoms with Gasteiger partial charge < -0.3 is 28.8 Å². The fraction of sp³-hybridized carbons (Fsp3) is 0.714. The normalized spacial score (nSPS) is 48.2. The van der Waals surface area contributed by atoms with Gasteiger partial charge in [0.15, 0.2) is 6.10 Å². The lowest BCUT2D eigenvalue weighted by Crippen LogP contribution is -2.66. The maximum atomic E-state index is 13.0. The smallest absolute Gasteiger partial charge is 0.335 e. The Bertz CT molecular complexity index is 980. The van der Waals surface area contributed by atoms with E-state index in [2.05, 4.69) is 19.9 Å². The van der Waals surface area contributed by atoms with Crippen molar-refractivity contribution in [3.05, 3.63) is 36.0 Å². The molecule has 8 heteroatoms. The Hall–Kier alpha value is -2.00. The van der Waals surface area contributed by atoms with E-state index in [4.69, 9.17) is 23.7 Å². The van der Waals surface area contributed by atoms with Crippen molar-refractivity contribution in [1.82, 2.24) is 0 Å². The zero-order valence-corrected chi connectivity index (χ0v) is 21.6. The third kappa shape index (κ3) is 3.97. The Morgan fingerprint density at radius 3 is 2.64 bits per heavy atom. The molecule has 8 nitrogen and oxygen atoms in total. The average Bonchev–Trinajstić information content (AvgIpc) is 3.62. The van der Waals surface area contributed by atoms with Crippen LogP contribution in [0, 0.1) is 16.7 Å². The van der Waals surface area contributed by atoms with Crippen LogP contribution >= 0.6 is 0 Å². The monoisotopic (exact) mass is 502 g/mol. The van der Waals surface area contributed by atoms with E-state index >= 15 is 0 Å². The zero-order chi connectivity index (χ0) is 25.7. The van der Waals surface area contributed by atoms with Gasteiger partial charge in [-0.1, -0.05) is 43.7 Å². The molecule has 2 bridgehead atoms. The molecular formula is C28H38O8. The minimum Gasteiger partial charge on any atom is -0.463 e. The second-order valence-electron chi connectivity index (χ2n) is 11.4. The number of hydrogen-bond donors (Lipinski definition) is 1. The van der Waals surface area contributed by atoms with Gasteiger partial charge in [-0.25, -0.2) is 9.59 Å². The number of aliphatic hydroxyl groups is 1. The predicted octanol–water partition coefficient (Wildman–Crippen LogP) is 3.03. The molecule has 3 aliphatic heterocycles. The molecule has 0 aromatic rings. The molecule has 9 atom stereocenters. The second-order valence-corrected chi connectivity index (χ2v) is 11.4. The number of carbonyl (C=O) groups is 2. The van der Waals surface area contributed by atoms with Crippen molar-refractivity contribution >= 4 is 11.9 Å². The van der Waals surface area contributed by atoms with Gasteiger partial charge in [-0.15, -0.1) is 0 Å². The molecule has 5 rings (SSSR count). The fourth-order valence-corrected chi connectivity index (χ4v) is 6.84. The third-order valence-electron chi connectivity index (χ3n) is 9.41. The van der Waals surface area contributed by atoms with Gasteiger partial charge in [-0.2, -0.15) is 0 Å². The minimum atomic E-state index is -1.26. The first kappa shape index (κ1) is 25.6. The Kier molecular flexibility index (Phi) is 6.69. The molecule has 2 saturated heterocycles. The quantitative estimate of drug-likeness (QED) is 0.306. The van der Waals surface area contributed by atoms with E-state index in [1.807, 2.05) is 19.9 Å². The van der Waals surface area contributed by atoms with E-state index in [1.54, 1.807) is 12.2 Å². The summed E-state index contributed by atoms with van der Waals surface area (Å²) in [7, 11) is 0. The van der Waals surface area contributed by atoms with Crippen LogP contribution in [0.5, 0.6) is 0 Å². The Balaban J connectivity index is 1.52. The summed E-state index contributed by atoms with van der Waals surface area (Å²) in [4.78, 5) is 25.9. The van der Waals surface area contributed by atoms with E-state index in [0.717, 1.165) is 6.42 Å². The number of carbonyl (C=O) groups excluding carboxylic acids is 2. The van der Waals surface area contributed by atoms with Gasteiger partial charge in [0.25, 0.3) is 0 Å². The number of allylic oxidation sites excluding steroid dienone is 3. The topological polar surface area (TPSA) is 104 Å². The maximum Gasteiger partial charge on any atom is 0.335 e. The second kappa shape index (κ2) is 9.39. The first-order valence-electron chi connectivity index (χ1n) is 13.1. The summed E-state index contributed by atoms with van der Waals surface area (Å²) in [5.74, 6) is -1.41.